The van der Waals surface area contributed by atoms with Crippen LogP contribution in [-0.4, -0.2) is 108 Å². The maximum absolute atomic E-state index is 8.89. The molecule has 0 saturated heterocycles. The number of hydrogen-bond donors (Lipinski definition) is 10. The van der Waals surface area contributed by atoms with Gasteiger partial charge in [-0.05, 0) is 75.2 Å². The normalized spacial score (nSPS) is 10.5. The van der Waals surface area contributed by atoms with E-state index in [-0.39, 0.29) is 18.7 Å². The molecule has 2 aromatic carbocycles. The lowest BCUT2D eigenvalue weighted by atomic mass is 10.1. The van der Waals surface area contributed by atoms with E-state index >= 15 is 0 Å². The Hall–Kier alpha value is -2.87. The van der Waals surface area contributed by atoms with Gasteiger partial charge in [0.1, 0.15) is 0 Å². The van der Waals surface area contributed by atoms with E-state index in [9.17, 15) is 0 Å². The molecule has 0 fully saturated rings. The third-order valence-electron chi connectivity index (χ3n) is 4.74. The van der Waals surface area contributed by atoms with E-state index in [1.807, 2.05) is 38.1 Å². The first-order valence-corrected chi connectivity index (χ1v) is 16.1. The van der Waals surface area contributed by atoms with Crippen molar-refractivity contribution < 1.29 is 68.3 Å². The monoisotopic (exact) mass is 700 g/mol. The summed E-state index contributed by atoms with van der Waals surface area (Å²) in [5.41, 5.74) is 17.5. The van der Waals surface area contributed by atoms with Crippen LogP contribution in [0.2, 0.25) is 0 Å². The van der Waals surface area contributed by atoms with E-state index in [2.05, 4.69) is 35.8 Å². The number of aryl methyl sites for hydroxylation is 2. The zero-order chi connectivity index (χ0) is 34.6. The van der Waals surface area contributed by atoms with Crippen LogP contribution in [0.25, 0.3) is 0 Å². The molecular formula is C22H44N4O15S3. The van der Waals surface area contributed by atoms with Gasteiger partial charge in [-0.15, -0.1) is 0 Å². The Kier molecular flexibility index (Phi) is 25.7. The molecule has 0 aliphatic carbocycles. The molecule has 260 valence electrons. The van der Waals surface area contributed by atoms with Gasteiger partial charge in [-0.1, -0.05) is 0 Å². The summed E-state index contributed by atoms with van der Waals surface area (Å²) in [6.07, 6.45) is 0. The molecule has 14 N–H and O–H groups in total. The van der Waals surface area contributed by atoms with Gasteiger partial charge >= 0.3 is 31.2 Å². The second kappa shape index (κ2) is 23.5. The fourth-order valence-corrected chi connectivity index (χ4v) is 2.89. The van der Waals surface area contributed by atoms with Crippen LogP contribution in [0.4, 0.5) is 22.7 Å². The first-order valence-electron chi connectivity index (χ1n) is 11.9. The maximum Gasteiger partial charge on any atom is 0.394 e. The van der Waals surface area contributed by atoms with Crippen molar-refractivity contribution in [3.8, 4) is 0 Å². The van der Waals surface area contributed by atoms with Gasteiger partial charge in [0.05, 0.1) is 13.2 Å². The highest BCUT2D eigenvalue weighted by atomic mass is 32.3. The minimum atomic E-state index is -4.67. The zero-order valence-corrected chi connectivity index (χ0v) is 27.0. The minimum absolute atomic E-state index is 0. The van der Waals surface area contributed by atoms with Crippen LogP contribution < -0.4 is 21.3 Å². The van der Waals surface area contributed by atoms with Gasteiger partial charge in [-0.25, -0.2) is 0 Å². The van der Waals surface area contributed by atoms with Gasteiger partial charge in [0, 0.05) is 48.9 Å². The largest absolute Gasteiger partial charge is 0.412 e. The predicted molar refractivity (Wildman–Crippen MR) is 167 cm³/mol. The molecular weight excluding hydrogens is 656 g/mol. The molecule has 0 unspecified atom stereocenters. The van der Waals surface area contributed by atoms with Crippen molar-refractivity contribution in [2.45, 2.75) is 27.7 Å². The Labute approximate surface area is 257 Å². The number of nitrogen functional groups attached to an aromatic ring is 2. The molecule has 2 rings (SSSR count). The van der Waals surface area contributed by atoms with Gasteiger partial charge in [-0.3, -0.25) is 27.3 Å². The van der Waals surface area contributed by atoms with Crippen LogP contribution in [0.3, 0.4) is 0 Å². The molecule has 0 aliphatic heterocycles. The molecule has 0 atom stereocenters. The van der Waals surface area contributed by atoms with Crippen LogP contribution in [-0.2, 0) is 31.2 Å². The first-order chi connectivity index (χ1) is 19.4. The predicted octanol–water partition coefficient (Wildman–Crippen LogP) is 0.00854. The van der Waals surface area contributed by atoms with E-state index in [0.29, 0.717) is 13.1 Å². The average Bonchev–Trinajstić information content (AvgIpc) is 2.82. The van der Waals surface area contributed by atoms with Gasteiger partial charge in [-0.2, -0.15) is 25.3 Å². The molecule has 0 radical (unpaired) electrons. The zero-order valence-electron chi connectivity index (χ0n) is 24.5. The molecule has 0 bridgehead atoms. The number of hydrogen-bond acceptors (Lipinski definition) is 12. The van der Waals surface area contributed by atoms with Crippen LogP contribution in [0.5, 0.6) is 0 Å². The molecule has 0 aromatic heterocycles. The molecule has 2 aromatic rings. The summed E-state index contributed by atoms with van der Waals surface area (Å²) < 4.78 is 94.8. The fraction of sp³-hybridized carbons (Fsp3) is 0.455. The Morgan fingerprint density at radius 2 is 0.818 bits per heavy atom. The Morgan fingerprint density at radius 1 is 0.591 bits per heavy atom. The van der Waals surface area contributed by atoms with E-state index in [1.165, 1.54) is 0 Å². The highest BCUT2D eigenvalue weighted by Gasteiger charge is 2.05. The molecule has 44 heavy (non-hydrogen) atoms. The molecule has 0 amide bonds. The van der Waals surface area contributed by atoms with Gasteiger partial charge < -0.3 is 37.0 Å². The highest BCUT2D eigenvalue weighted by molar-refractivity contribution is 7.80. The van der Waals surface area contributed by atoms with Gasteiger partial charge in [0.25, 0.3) is 0 Å². The SMILES string of the molecule is CCN(CCO)c1ccc(N)c(C)c1.CCN(CCO)c1ccc(N)c(C)c1.O.O=S(=O)(O)O.O=S(=O)(O)O.O=S(=O)(O)O. The second-order valence-electron chi connectivity index (χ2n) is 8.03. The van der Waals surface area contributed by atoms with Gasteiger partial charge in [0.2, 0.25) is 0 Å². The smallest absolute Gasteiger partial charge is 0.394 e. The summed E-state index contributed by atoms with van der Waals surface area (Å²) in [7, 11) is -14.0. The second-order valence-corrected chi connectivity index (χ2v) is 10.7. The Bertz CT molecular complexity index is 1230. The van der Waals surface area contributed by atoms with Crippen molar-refractivity contribution in [1.29, 1.82) is 0 Å². The Morgan fingerprint density at radius 3 is 0.977 bits per heavy atom. The number of nitrogens with zero attached hydrogens (tertiary/aromatic N) is 2. The summed E-state index contributed by atoms with van der Waals surface area (Å²) in [6, 6.07) is 11.9. The van der Waals surface area contributed by atoms with Crippen LogP contribution >= 0.6 is 0 Å². The lowest BCUT2D eigenvalue weighted by Crippen LogP contribution is -2.26. The lowest BCUT2D eigenvalue weighted by molar-refractivity contribution is 0.302. The molecule has 0 spiro atoms. The third kappa shape index (κ3) is 33.6. The van der Waals surface area contributed by atoms with Crippen LogP contribution in [0.1, 0.15) is 25.0 Å². The highest BCUT2D eigenvalue weighted by Crippen LogP contribution is 2.21. The number of anilines is 4. The van der Waals surface area contributed by atoms with Crippen molar-refractivity contribution in [3.63, 3.8) is 0 Å². The van der Waals surface area contributed by atoms with Crippen LogP contribution in [0.15, 0.2) is 36.4 Å². The number of rotatable bonds is 8. The lowest BCUT2D eigenvalue weighted by Gasteiger charge is -2.22. The summed E-state index contributed by atoms with van der Waals surface area (Å²) >= 11 is 0. The average molecular weight is 701 g/mol. The van der Waals surface area contributed by atoms with Crippen molar-refractivity contribution in [2.24, 2.45) is 0 Å². The number of benzene rings is 2. The first kappa shape index (κ1) is 48.0. The van der Waals surface area contributed by atoms with Crippen molar-refractivity contribution in [1.82, 2.24) is 0 Å². The third-order valence-corrected chi connectivity index (χ3v) is 4.74. The topological polar surface area (TPSA) is 354 Å². The quantitative estimate of drug-likeness (QED) is 0.128. The van der Waals surface area contributed by atoms with Crippen molar-refractivity contribution in [3.05, 3.63) is 47.5 Å². The minimum Gasteiger partial charge on any atom is -0.412 e. The molecule has 19 nitrogen and oxygen atoms in total. The maximum atomic E-state index is 8.89. The standard InChI is InChI=1S/2C11H18N2O.3H2O4S.H2O/c2*1-3-13(6-7-14)10-4-5-11(12)9(2)8-10;3*1-5(2,3)4;/h2*4-5,8,14H,3,6-7,12H2,1-2H3;3*(H2,1,2,3,4);1H2. The fourth-order valence-electron chi connectivity index (χ4n) is 2.89. The molecule has 0 aliphatic rings. The van der Waals surface area contributed by atoms with E-state index in [4.69, 9.17) is 74.3 Å². The molecule has 0 heterocycles. The molecule has 22 heteroatoms. The Balaban J connectivity index is -0.000000248. The van der Waals surface area contributed by atoms with Crippen LogP contribution in [0, 0.1) is 13.8 Å². The number of likely N-dealkylation sites (N-methyl/N-ethyl adjacent to an activating group) is 2. The summed E-state index contributed by atoms with van der Waals surface area (Å²) in [4.78, 5) is 4.24. The van der Waals surface area contributed by atoms with E-state index in [1.54, 1.807) is 0 Å². The number of nitrogens with two attached hydrogens (primary N) is 2. The number of aliphatic hydroxyl groups excluding tert-OH is 2. The van der Waals surface area contributed by atoms with E-state index < -0.39 is 31.2 Å². The molecule has 0 saturated carbocycles. The van der Waals surface area contributed by atoms with Crippen molar-refractivity contribution >= 4 is 53.9 Å². The van der Waals surface area contributed by atoms with E-state index in [0.717, 1.165) is 47.0 Å². The van der Waals surface area contributed by atoms with Gasteiger partial charge in [0.15, 0.2) is 0 Å². The summed E-state index contributed by atoms with van der Waals surface area (Å²) in [6.45, 7) is 11.6. The summed E-state index contributed by atoms with van der Waals surface area (Å²) in [5.74, 6) is 0. The van der Waals surface area contributed by atoms with Crippen molar-refractivity contribution in [2.75, 3.05) is 60.7 Å². The summed E-state index contributed by atoms with van der Waals surface area (Å²) in [5, 5.41) is 17.8. The number of aliphatic hydroxyl groups is 2.